The van der Waals surface area contributed by atoms with Gasteiger partial charge in [-0.25, -0.2) is 0 Å². The molecule has 242 valence electrons. The number of halogens is 1. The molecular formula is C39H40ClN3O4. The third-order valence-corrected chi connectivity index (χ3v) is 9.62. The number of ether oxygens (including phenoxy) is 4. The van der Waals surface area contributed by atoms with E-state index >= 15 is 0 Å². The smallest absolute Gasteiger partial charge is 0.161 e. The first-order valence-electron chi connectivity index (χ1n) is 16.5. The van der Waals surface area contributed by atoms with Gasteiger partial charge in [0.2, 0.25) is 0 Å². The zero-order valence-electron chi connectivity index (χ0n) is 26.8. The van der Waals surface area contributed by atoms with Gasteiger partial charge in [0.1, 0.15) is 37.9 Å². The van der Waals surface area contributed by atoms with E-state index in [0.29, 0.717) is 42.8 Å². The molecule has 0 spiro atoms. The quantitative estimate of drug-likeness (QED) is 0.165. The fourth-order valence-corrected chi connectivity index (χ4v) is 6.63. The van der Waals surface area contributed by atoms with Crippen molar-refractivity contribution in [2.45, 2.75) is 39.5 Å². The first-order chi connectivity index (χ1) is 23.0. The lowest BCUT2D eigenvalue weighted by molar-refractivity contribution is 0.122. The van der Waals surface area contributed by atoms with Crippen molar-refractivity contribution in [1.82, 2.24) is 9.80 Å². The van der Waals surface area contributed by atoms with Crippen molar-refractivity contribution >= 4 is 11.6 Å². The molecule has 7 nitrogen and oxygen atoms in total. The van der Waals surface area contributed by atoms with Gasteiger partial charge in [-0.2, -0.15) is 5.26 Å². The molecule has 4 aromatic rings. The molecule has 0 aromatic heterocycles. The molecule has 4 aromatic carbocycles. The molecule has 0 atom stereocenters. The Labute approximate surface area is 282 Å². The minimum atomic E-state index is 0.343. The van der Waals surface area contributed by atoms with Crippen LogP contribution in [0.15, 0.2) is 72.8 Å². The number of nitrogens with zero attached hydrogens (tertiary/aromatic N) is 3. The molecule has 1 saturated heterocycles. The van der Waals surface area contributed by atoms with Crippen LogP contribution in [0.2, 0.25) is 5.02 Å². The van der Waals surface area contributed by atoms with E-state index in [4.69, 9.17) is 30.5 Å². The lowest BCUT2D eigenvalue weighted by atomic mass is 9.96. The number of benzene rings is 4. The predicted molar refractivity (Wildman–Crippen MR) is 183 cm³/mol. The largest absolute Gasteiger partial charge is 0.488 e. The Bertz CT molecular complexity index is 1770. The summed E-state index contributed by atoms with van der Waals surface area (Å²) >= 11 is 6.89. The topological polar surface area (TPSA) is 67.2 Å². The second-order valence-corrected chi connectivity index (χ2v) is 13.2. The Kier molecular flexibility index (Phi) is 9.53. The molecule has 8 heteroatoms. The van der Waals surface area contributed by atoms with Crippen molar-refractivity contribution in [3.8, 4) is 40.2 Å². The summed E-state index contributed by atoms with van der Waals surface area (Å²) in [7, 11) is 0. The maximum atomic E-state index is 9.37. The predicted octanol–water partition coefficient (Wildman–Crippen LogP) is 7.64. The van der Waals surface area contributed by atoms with Crippen LogP contribution >= 0.6 is 11.6 Å². The lowest BCUT2D eigenvalue weighted by Gasteiger charge is -2.35. The van der Waals surface area contributed by atoms with E-state index in [9.17, 15) is 5.26 Å². The van der Waals surface area contributed by atoms with Crippen LogP contribution in [0.1, 0.15) is 40.7 Å². The number of piperazine rings is 1. The van der Waals surface area contributed by atoms with Crippen molar-refractivity contribution in [3.63, 3.8) is 0 Å². The molecule has 0 unspecified atom stereocenters. The average molecular weight is 650 g/mol. The van der Waals surface area contributed by atoms with Crippen LogP contribution in [0.4, 0.5) is 0 Å². The highest BCUT2D eigenvalue weighted by atomic mass is 35.5. The molecule has 1 aliphatic carbocycles. The van der Waals surface area contributed by atoms with Crippen LogP contribution < -0.4 is 18.9 Å². The van der Waals surface area contributed by atoms with E-state index in [-0.39, 0.29) is 0 Å². The van der Waals surface area contributed by atoms with Crippen molar-refractivity contribution in [2.24, 2.45) is 5.92 Å². The fourth-order valence-electron chi connectivity index (χ4n) is 6.39. The Morgan fingerprint density at radius 2 is 1.57 bits per heavy atom. The summed E-state index contributed by atoms with van der Waals surface area (Å²) in [6.45, 7) is 10.1. The zero-order valence-corrected chi connectivity index (χ0v) is 27.6. The van der Waals surface area contributed by atoms with Gasteiger partial charge in [0, 0.05) is 50.9 Å². The second kappa shape index (κ2) is 14.3. The summed E-state index contributed by atoms with van der Waals surface area (Å²) in [5, 5.41) is 9.93. The zero-order chi connectivity index (χ0) is 32.2. The van der Waals surface area contributed by atoms with Gasteiger partial charge in [0.15, 0.2) is 11.5 Å². The molecule has 47 heavy (non-hydrogen) atoms. The Balaban J connectivity index is 1.09. The molecule has 0 bridgehead atoms. The summed E-state index contributed by atoms with van der Waals surface area (Å²) in [5.41, 5.74) is 6.97. The van der Waals surface area contributed by atoms with Gasteiger partial charge in [0.05, 0.1) is 16.7 Å². The number of rotatable bonds is 11. The summed E-state index contributed by atoms with van der Waals surface area (Å²) in [4.78, 5) is 5.08. The van der Waals surface area contributed by atoms with E-state index in [2.05, 4.69) is 47.1 Å². The van der Waals surface area contributed by atoms with Gasteiger partial charge in [-0.1, -0.05) is 48.0 Å². The molecule has 0 amide bonds. The first-order valence-corrected chi connectivity index (χ1v) is 16.9. The summed E-state index contributed by atoms with van der Waals surface area (Å²) in [6, 6.07) is 26.0. The summed E-state index contributed by atoms with van der Waals surface area (Å²) in [5.74, 6) is 3.78. The van der Waals surface area contributed by atoms with Gasteiger partial charge in [-0.3, -0.25) is 4.90 Å². The van der Waals surface area contributed by atoms with Crippen LogP contribution in [0, 0.1) is 24.2 Å². The van der Waals surface area contributed by atoms with Crippen LogP contribution in [-0.4, -0.2) is 55.7 Å². The van der Waals surface area contributed by atoms with Crippen LogP contribution in [-0.2, 0) is 19.8 Å². The van der Waals surface area contributed by atoms with E-state index in [0.717, 1.165) is 89.3 Å². The Hall–Kier alpha value is -4.22. The standard InChI is InChI=1S/C39H40ClN3O4/c1-27-32(6-3-7-34(27)31-10-11-36-39(20-31)45-17-16-44-36)26-47-38-21-37(46-25-30-5-2-4-29(18-30)22-41)33(19-35(38)40)24-43-14-12-42(13-15-43)23-28-8-9-28/h2-7,10-11,18-21,28H,8-9,12-17,23-26H2,1H3. The lowest BCUT2D eigenvalue weighted by Crippen LogP contribution is -2.46. The monoisotopic (exact) mass is 649 g/mol. The summed E-state index contributed by atoms with van der Waals surface area (Å²) < 4.78 is 24.4. The Morgan fingerprint density at radius 3 is 2.38 bits per heavy atom. The van der Waals surface area contributed by atoms with E-state index in [1.165, 1.54) is 19.4 Å². The van der Waals surface area contributed by atoms with E-state index in [1.54, 1.807) is 6.07 Å². The Morgan fingerprint density at radius 1 is 0.809 bits per heavy atom. The van der Waals surface area contributed by atoms with Gasteiger partial charge < -0.3 is 23.8 Å². The second-order valence-electron chi connectivity index (χ2n) is 12.7. The normalized spacial score (nSPS) is 16.4. The minimum Gasteiger partial charge on any atom is -0.488 e. The molecule has 0 radical (unpaired) electrons. The average Bonchev–Trinajstić information content (AvgIpc) is 3.93. The third kappa shape index (κ3) is 7.68. The van der Waals surface area contributed by atoms with Crippen LogP contribution in [0.25, 0.3) is 11.1 Å². The highest BCUT2D eigenvalue weighted by molar-refractivity contribution is 6.32. The van der Waals surface area contributed by atoms with Crippen LogP contribution in [0.3, 0.4) is 0 Å². The third-order valence-electron chi connectivity index (χ3n) is 9.32. The molecule has 1 saturated carbocycles. The highest BCUT2D eigenvalue weighted by Crippen LogP contribution is 2.38. The van der Waals surface area contributed by atoms with Gasteiger partial charge in [-0.05, 0) is 83.8 Å². The molecule has 2 heterocycles. The number of hydrogen-bond acceptors (Lipinski definition) is 7. The van der Waals surface area contributed by atoms with Crippen molar-refractivity contribution in [1.29, 1.82) is 5.26 Å². The molecular weight excluding hydrogens is 610 g/mol. The van der Waals surface area contributed by atoms with E-state index in [1.807, 2.05) is 42.5 Å². The van der Waals surface area contributed by atoms with Gasteiger partial charge in [0.25, 0.3) is 0 Å². The van der Waals surface area contributed by atoms with E-state index < -0.39 is 0 Å². The molecule has 3 aliphatic rings. The first kappa shape index (κ1) is 31.4. The van der Waals surface area contributed by atoms with Crippen molar-refractivity contribution < 1.29 is 18.9 Å². The maximum absolute atomic E-state index is 9.37. The fraction of sp³-hybridized carbons (Fsp3) is 0.359. The van der Waals surface area contributed by atoms with Crippen molar-refractivity contribution in [2.75, 3.05) is 45.9 Å². The highest BCUT2D eigenvalue weighted by Gasteiger charge is 2.27. The molecule has 2 fully saturated rings. The van der Waals surface area contributed by atoms with Crippen molar-refractivity contribution in [3.05, 3.63) is 106 Å². The number of hydrogen-bond donors (Lipinski definition) is 0. The molecule has 7 rings (SSSR count). The van der Waals surface area contributed by atoms with Gasteiger partial charge in [-0.15, -0.1) is 0 Å². The summed E-state index contributed by atoms with van der Waals surface area (Å²) in [6.07, 6.45) is 2.77. The molecule has 0 N–H and O–H groups in total. The maximum Gasteiger partial charge on any atom is 0.161 e. The SMILES string of the molecule is Cc1c(COc2cc(OCc3cccc(C#N)c3)c(CN3CCN(CC4CC4)CC3)cc2Cl)cccc1-c1ccc2c(c1)OCCO2. The number of fused-ring (bicyclic) bond motifs is 1. The van der Waals surface area contributed by atoms with Crippen LogP contribution in [0.5, 0.6) is 23.0 Å². The van der Waals surface area contributed by atoms with Gasteiger partial charge >= 0.3 is 0 Å². The number of nitriles is 1. The molecule has 2 aliphatic heterocycles. The minimum absolute atomic E-state index is 0.343.